The van der Waals surface area contributed by atoms with Gasteiger partial charge in [-0.2, -0.15) is 4.37 Å². The van der Waals surface area contributed by atoms with Crippen molar-refractivity contribution in [3.63, 3.8) is 0 Å². The van der Waals surface area contributed by atoms with Gasteiger partial charge >= 0.3 is 0 Å². The smallest absolute Gasteiger partial charge is 0.214 e. The van der Waals surface area contributed by atoms with Crippen LogP contribution in [-0.2, 0) is 0 Å². The molecule has 3 aromatic rings. The van der Waals surface area contributed by atoms with Gasteiger partial charge in [0, 0.05) is 37.2 Å². The van der Waals surface area contributed by atoms with Crippen molar-refractivity contribution in [3.8, 4) is 0 Å². The summed E-state index contributed by atoms with van der Waals surface area (Å²) in [5, 5.41) is 6.96. The van der Waals surface area contributed by atoms with E-state index in [4.69, 9.17) is 4.98 Å². The summed E-state index contributed by atoms with van der Waals surface area (Å²) in [6.45, 7) is 3.00. The molecule has 0 aliphatic carbocycles. The number of aromatic nitrogens is 3. The summed E-state index contributed by atoms with van der Waals surface area (Å²) in [5.74, 6) is 0. The summed E-state index contributed by atoms with van der Waals surface area (Å²) in [6, 6.07) is 6.71. The van der Waals surface area contributed by atoms with Crippen LogP contribution < -0.4 is 10.6 Å². The quantitative estimate of drug-likeness (QED) is 0.689. The molecule has 18 heavy (non-hydrogen) atoms. The summed E-state index contributed by atoms with van der Waals surface area (Å²) in [4.78, 5) is 5.66. The standard InChI is InChI=1S/C12H13N5S/c1-2-8(9-6-13-4-5-14-9)11-10(3-1)17-7-15-18-12(17)16-11/h1-3,7,9,13-14H,4-6H2. The second-order valence-corrected chi connectivity index (χ2v) is 5.26. The molecule has 1 fully saturated rings. The molecular formula is C12H13N5S. The number of rotatable bonds is 1. The van der Waals surface area contributed by atoms with Crippen LogP contribution >= 0.6 is 11.5 Å². The predicted octanol–water partition coefficient (Wildman–Crippen LogP) is 1.18. The summed E-state index contributed by atoms with van der Waals surface area (Å²) in [5.41, 5.74) is 3.51. The third kappa shape index (κ3) is 1.46. The van der Waals surface area contributed by atoms with E-state index in [1.54, 1.807) is 0 Å². The zero-order chi connectivity index (χ0) is 11.9. The van der Waals surface area contributed by atoms with Crippen molar-refractivity contribution in [1.29, 1.82) is 0 Å². The largest absolute Gasteiger partial charge is 0.314 e. The average Bonchev–Trinajstić information content (AvgIpc) is 3.00. The van der Waals surface area contributed by atoms with Gasteiger partial charge in [0.1, 0.15) is 6.33 Å². The number of imidazole rings is 1. The Hall–Kier alpha value is -1.50. The van der Waals surface area contributed by atoms with Gasteiger partial charge in [0.15, 0.2) is 0 Å². The lowest BCUT2D eigenvalue weighted by Gasteiger charge is -2.25. The number of hydrogen-bond donors (Lipinski definition) is 2. The van der Waals surface area contributed by atoms with Gasteiger partial charge in [0.25, 0.3) is 0 Å². The zero-order valence-corrected chi connectivity index (χ0v) is 10.6. The summed E-state index contributed by atoms with van der Waals surface area (Å²) < 4.78 is 6.22. The van der Waals surface area contributed by atoms with Crippen LogP contribution in [0, 0.1) is 0 Å². The molecular weight excluding hydrogens is 246 g/mol. The van der Waals surface area contributed by atoms with E-state index in [1.807, 2.05) is 6.33 Å². The maximum absolute atomic E-state index is 4.70. The fourth-order valence-electron chi connectivity index (χ4n) is 2.57. The fraction of sp³-hybridized carbons (Fsp3) is 0.333. The maximum Gasteiger partial charge on any atom is 0.214 e. The SMILES string of the molecule is c1cc(C2CNCCN2)c2nc3sncn3c2c1. The molecule has 2 aromatic heterocycles. The van der Waals surface area contributed by atoms with Crippen LogP contribution in [0.3, 0.4) is 0 Å². The van der Waals surface area contributed by atoms with Crippen LogP contribution in [0.2, 0.25) is 0 Å². The van der Waals surface area contributed by atoms with Gasteiger partial charge in [-0.05, 0) is 11.6 Å². The Labute approximate surface area is 108 Å². The molecule has 3 heterocycles. The molecule has 4 rings (SSSR count). The van der Waals surface area contributed by atoms with E-state index < -0.39 is 0 Å². The first-order valence-electron chi connectivity index (χ1n) is 6.09. The monoisotopic (exact) mass is 259 g/mol. The molecule has 1 aromatic carbocycles. The molecule has 5 nitrogen and oxygen atoms in total. The summed E-state index contributed by atoms with van der Waals surface area (Å²) >= 11 is 1.43. The van der Waals surface area contributed by atoms with Crippen molar-refractivity contribution < 1.29 is 0 Å². The number of fused-ring (bicyclic) bond motifs is 3. The van der Waals surface area contributed by atoms with Gasteiger partial charge in [0.2, 0.25) is 4.96 Å². The molecule has 0 spiro atoms. The highest BCUT2D eigenvalue weighted by Crippen LogP contribution is 2.26. The van der Waals surface area contributed by atoms with Gasteiger partial charge < -0.3 is 10.6 Å². The van der Waals surface area contributed by atoms with Gasteiger partial charge in [-0.3, -0.25) is 4.40 Å². The number of nitrogens with one attached hydrogen (secondary N) is 2. The van der Waals surface area contributed by atoms with Crippen LogP contribution in [0.4, 0.5) is 0 Å². The van der Waals surface area contributed by atoms with Gasteiger partial charge in [0.05, 0.1) is 11.0 Å². The molecule has 0 saturated carbocycles. The van der Waals surface area contributed by atoms with E-state index in [0.29, 0.717) is 6.04 Å². The molecule has 6 heteroatoms. The highest BCUT2D eigenvalue weighted by molar-refractivity contribution is 7.11. The first-order chi connectivity index (χ1) is 8.93. The molecule has 0 amide bonds. The summed E-state index contributed by atoms with van der Waals surface area (Å²) in [6.07, 6.45) is 1.84. The first kappa shape index (κ1) is 10.4. The molecule has 1 saturated heterocycles. The minimum absolute atomic E-state index is 0.347. The molecule has 2 N–H and O–H groups in total. The lowest BCUT2D eigenvalue weighted by molar-refractivity contribution is 0.432. The number of benzene rings is 1. The Morgan fingerprint density at radius 2 is 2.33 bits per heavy atom. The van der Waals surface area contributed by atoms with Crippen molar-refractivity contribution in [2.45, 2.75) is 6.04 Å². The van der Waals surface area contributed by atoms with Crippen molar-refractivity contribution >= 4 is 27.5 Å². The predicted molar refractivity (Wildman–Crippen MR) is 72.0 cm³/mol. The normalized spacial score (nSPS) is 20.8. The van der Waals surface area contributed by atoms with E-state index >= 15 is 0 Å². The molecule has 0 bridgehead atoms. The van der Waals surface area contributed by atoms with Crippen LogP contribution in [0.15, 0.2) is 24.5 Å². The second kappa shape index (κ2) is 4.01. The molecule has 1 atom stereocenters. The zero-order valence-electron chi connectivity index (χ0n) is 9.76. The number of para-hydroxylation sites is 1. The van der Waals surface area contributed by atoms with E-state index in [2.05, 4.69) is 37.6 Å². The Kier molecular flexibility index (Phi) is 2.32. The van der Waals surface area contributed by atoms with Gasteiger partial charge in [-0.25, -0.2) is 4.98 Å². The topological polar surface area (TPSA) is 54.2 Å². The van der Waals surface area contributed by atoms with Crippen molar-refractivity contribution in [2.75, 3.05) is 19.6 Å². The van der Waals surface area contributed by atoms with Crippen molar-refractivity contribution in [3.05, 3.63) is 30.1 Å². The van der Waals surface area contributed by atoms with E-state index in [1.165, 1.54) is 17.1 Å². The van der Waals surface area contributed by atoms with E-state index in [9.17, 15) is 0 Å². The molecule has 92 valence electrons. The second-order valence-electron chi connectivity index (χ2n) is 4.50. The van der Waals surface area contributed by atoms with Gasteiger partial charge in [-0.1, -0.05) is 12.1 Å². The number of piperazine rings is 1. The Morgan fingerprint density at radius 3 is 3.22 bits per heavy atom. The maximum atomic E-state index is 4.70. The lowest BCUT2D eigenvalue weighted by Crippen LogP contribution is -2.42. The lowest BCUT2D eigenvalue weighted by atomic mass is 10.0. The molecule has 1 aliphatic rings. The highest BCUT2D eigenvalue weighted by atomic mass is 32.1. The Morgan fingerprint density at radius 1 is 1.33 bits per heavy atom. The van der Waals surface area contributed by atoms with E-state index in [0.717, 1.165) is 35.6 Å². The van der Waals surface area contributed by atoms with Crippen LogP contribution in [0.1, 0.15) is 11.6 Å². The van der Waals surface area contributed by atoms with Crippen molar-refractivity contribution in [2.24, 2.45) is 0 Å². The fourth-order valence-corrected chi connectivity index (χ4v) is 3.17. The first-order valence-corrected chi connectivity index (χ1v) is 6.86. The van der Waals surface area contributed by atoms with E-state index in [-0.39, 0.29) is 0 Å². The summed E-state index contributed by atoms with van der Waals surface area (Å²) in [7, 11) is 0. The van der Waals surface area contributed by atoms with Crippen LogP contribution in [0.5, 0.6) is 0 Å². The number of hydrogen-bond acceptors (Lipinski definition) is 5. The Balaban J connectivity index is 1.93. The Bertz CT molecular complexity index is 695. The molecule has 1 unspecified atom stereocenters. The minimum atomic E-state index is 0.347. The number of nitrogens with zero attached hydrogens (tertiary/aromatic N) is 3. The highest BCUT2D eigenvalue weighted by Gasteiger charge is 2.19. The molecule has 0 radical (unpaired) electrons. The van der Waals surface area contributed by atoms with Crippen LogP contribution in [-0.4, -0.2) is 33.4 Å². The average molecular weight is 259 g/mol. The minimum Gasteiger partial charge on any atom is -0.314 e. The third-order valence-corrected chi connectivity index (χ3v) is 4.08. The molecule has 1 aliphatic heterocycles. The third-order valence-electron chi connectivity index (χ3n) is 3.43. The van der Waals surface area contributed by atoms with Crippen LogP contribution in [0.25, 0.3) is 16.0 Å². The van der Waals surface area contributed by atoms with Gasteiger partial charge in [-0.15, -0.1) is 0 Å². The van der Waals surface area contributed by atoms with Crippen molar-refractivity contribution in [1.82, 2.24) is 24.4 Å².